The van der Waals surface area contributed by atoms with Crippen LogP contribution in [0.15, 0.2) is 17.5 Å². The van der Waals surface area contributed by atoms with E-state index < -0.39 is 18.0 Å². The minimum Gasteiger partial charge on any atom is -0.481 e. The minimum atomic E-state index is -0.872. The molecule has 21 heavy (non-hydrogen) atoms. The number of hydrogen-bond donors (Lipinski definition) is 2. The molecule has 1 saturated carbocycles. The van der Waals surface area contributed by atoms with E-state index in [2.05, 4.69) is 0 Å². The van der Waals surface area contributed by atoms with E-state index in [1.807, 2.05) is 17.5 Å². The number of thiophene rings is 1. The van der Waals surface area contributed by atoms with Crippen LogP contribution in [0.1, 0.15) is 36.7 Å². The van der Waals surface area contributed by atoms with Crippen molar-refractivity contribution in [3.05, 3.63) is 22.4 Å². The number of carboxylic acid groups (broad SMARTS) is 1. The largest absolute Gasteiger partial charge is 0.481 e. The van der Waals surface area contributed by atoms with Crippen LogP contribution >= 0.6 is 11.3 Å². The molecule has 1 aliphatic heterocycles. The molecule has 2 aliphatic rings. The van der Waals surface area contributed by atoms with E-state index >= 15 is 0 Å². The number of nitrogens with zero attached hydrogens (tertiary/aromatic N) is 1. The highest BCUT2D eigenvalue weighted by Gasteiger charge is 2.51. The maximum atomic E-state index is 12.4. The van der Waals surface area contributed by atoms with Crippen molar-refractivity contribution >= 4 is 23.2 Å². The molecule has 1 aromatic heterocycles. The summed E-state index contributed by atoms with van der Waals surface area (Å²) in [5.41, 5.74) is 0. The summed E-state index contributed by atoms with van der Waals surface area (Å²) in [6.07, 6.45) is 2.27. The lowest BCUT2D eigenvalue weighted by molar-refractivity contribution is -0.142. The Morgan fingerprint density at radius 1 is 1.43 bits per heavy atom. The van der Waals surface area contributed by atoms with Gasteiger partial charge >= 0.3 is 5.97 Å². The maximum Gasteiger partial charge on any atom is 0.307 e. The number of likely N-dealkylation sites (tertiary alicyclic amines) is 1. The van der Waals surface area contributed by atoms with Gasteiger partial charge in [0.1, 0.15) is 0 Å². The van der Waals surface area contributed by atoms with Crippen LogP contribution < -0.4 is 0 Å². The second-order valence-corrected chi connectivity index (χ2v) is 6.86. The van der Waals surface area contributed by atoms with Gasteiger partial charge in [-0.25, -0.2) is 0 Å². The number of carbonyl (C=O) groups is 2. The first-order valence-corrected chi connectivity index (χ1v) is 8.20. The fourth-order valence-electron chi connectivity index (χ4n) is 3.18. The van der Waals surface area contributed by atoms with E-state index in [0.29, 0.717) is 19.4 Å². The van der Waals surface area contributed by atoms with Crippen molar-refractivity contribution in [2.75, 3.05) is 6.54 Å². The molecule has 0 bridgehead atoms. The van der Waals surface area contributed by atoms with Crippen molar-refractivity contribution in [3.63, 3.8) is 0 Å². The molecular formula is C15H19NO4S. The molecule has 4 atom stereocenters. The lowest BCUT2D eigenvalue weighted by Crippen LogP contribution is -2.38. The van der Waals surface area contributed by atoms with E-state index in [1.165, 1.54) is 11.3 Å². The highest BCUT2D eigenvalue weighted by atomic mass is 32.1. The summed E-state index contributed by atoms with van der Waals surface area (Å²) >= 11 is 1.52. The minimum absolute atomic E-state index is 0.0321. The van der Waals surface area contributed by atoms with Crippen LogP contribution in [-0.2, 0) is 9.59 Å². The Kier molecular flexibility index (Phi) is 3.99. The number of carboxylic acids is 1. The Morgan fingerprint density at radius 2 is 2.24 bits per heavy atom. The van der Waals surface area contributed by atoms with Gasteiger partial charge < -0.3 is 15.1 Å². The smallest absolute Gasteiger partial charge is 0.307 e. The molecule has 0 radical (unpaired) electrons. The average molecular weight is 309 g/mol. The molecule has 1 amide bonds. The molecule has 2 fully saturated rings. The number of aliphatic hydroxyl groups excluding tert-OH is 1. The van der Waals surface area contributed by atoms with Gasteiger partial charge in [0.2, 0.25) is 5.91 Å². The highest BCUT2D eigenvalue weighted by Crippen LogP contribution is 2.42. The third kappa shape index (κ3) is 2.96. The number of rotatable bonds is 5. The fourth-order valence-corrected chi connectivity index (χ4v) is 3.90. The SMILES string of the molecule is O=C(O)C1CC1C(=O)N1CCCC1CC(O)c1cccs1. The number of amides is 1. The topological polar surface area (TPSA) is 77.8 Å². The Bertz CT molecular complexity index is 530. The molecule has 1 aromatic rings. The molecule has 1 aliphatic carbocycles. The Hall–Kier alpha value is -1.40. The Balaban J connectivity index is 1.61. The molecule has 5 nitrogen and oxygen atoms in total. The fraction of sp³-hybridized carbons (Fsp3) is 0.600. The lowest BCUT2D eigenvalue weighted by atomic mass is 10.1. The molecule has 0 spiro atoms. The number of carbonyl (C=O) groups excluding carboxylic acids is 1. The maximum absolute atomic E-state index is 12.4. The summed E-state index contributed by atoms with van der Waals surface area (Å²) in [4.78, 5) is 26.0. The van der Waals surface area contributed by atoms with Gasteiger partial charge in [0, 0.05) is 17.5 Å². The van der Waals surface area contributed by atoms with Gasteiger partial charge in [-0.15, -0.1) is 11.3 Å². The zero-order valence-electron chi connectivity index (χ0n) is 11.6. The van der Waals surface area contributed by atoms with E-state index in [0.717, 1.165) is 17.7 Å². The van der Waals surface area contributed by atoms with Gasteiger partial charge in [0.05, 0.1) is 17.9 Å². The molecule has 4 unspecified atom stereocenters. The van der Waals surface area contributed by atoms with Crippen LogP contribution in [0.5, 0.6) is 0 Å². The van der Waals surface area contributed by atoms with E-state index in [-0.39, 0.29) is 17.9 Å². The van der Waals surface area contributed by atoms with Crippen LogP contribution in [0.2, 0.25) is 0 Å². The van der Waals surface area contributed by atoms with Crippen molar-refractivity contribution in [2.24, 2.45) is 11.8 Å². The average Bonchev–Trinajstić information content (AvgIpc) is 2.87. The van der Waals surface area contributed by atoms with Crippen molar-refractivity contribution < 1.29 is 19.8 Å². The number of aliphatic carboxylic acids is 1. The van der Waals surface area contributed by atoms with E-state index in [4.69, 9.17) is 5.11 Å². The second-order valence-electron chi connectivity index (χ2n) is 5.88. The monoisotopic (exact) mass is 309 g/mol. The van der Waals surface area contributed by atoms with Crippen molar-refractivity contribution in [3.8, 4) is 0 Å². The molecule has 2 N–H and O–H groups in total. The summed E-state index contributed by atoms with van der Waals surface area (Å²) in [6, 6.07) is 3.84. The highest BCUT2D eigenvalue weighted by molar-refractivity contribution is 7.10. The second kappa shape index (κ2) is 5.77. The summed E-state index contributed by atoms with van der Waals surface area (Å²) < 4.78 is 0. The van der Waals surface area contributed by atoms with Gasteiger partial charge in [0.15, 0.2) is 0 Å². The summed E-state index contributed by atoms with van der Waals surface area (Å²) in [5.74, 6) is -1.76. The van der Waals surface area contributed by atoms with Crippen molar-refractivity contribution in [1.82, 2.24) is 4.90 Å². The van der Waals surface area contributed by atoms with Crippen LogP contribution in [0.4, 0.5) is 0 Å². The molecule has 114 valence electrons. The third-order valence-electron chi connectivity index (χ3n) is 4.45. The molecular weight excluding hydrogens is 290 g/mol. The summed E-state index contributed by atoms with van der Waals surface area (Å²) in [6.45, 7) is 0.684. The van der Waals surface area contributed by atoms with E-state index in [9.17, 15) is 14.7 Å². The Labute approximate surface area is 127 Å². The first-order valence-electron chi connectivity index (χ1n) is 7.32. The molecule has 1 saturated heterocycles. The van der Waals surface area contributed by atoms with Crippen LogP contribution in [0.25, 0.3) is 0 Å². The van der Waals surface area contributed by atoms with Crippen molar-refractivity contribution in [2.45, 2.75) is 37.8 Å². The number of hydrogen-bond acceptors (Lipinski definition) is 4. The first-order chi connectivity index (χ1) is 10.1. The van der Waals surface area contributed by atoms with Gasteiger partial charge in [-0.1, -0.05) is 6.07 Å². The standard InChI is InChI=1S/C15H19NO4S/c17-12(13-4-2-6-21-13)7-9-3-1-5-16(9)14(18)10-8-11(10)15(19)20/h2,4,6,9-12,17H,1,3,5,7-8H2,(H,19,20). The summed E-state index contributed by atoms with van der Waals surface area (Å²) in [7, 11) is 0. The van der Waals surface area contributed by atoms with Gasteiger partial charge in [-0.2, -0.15) is 0 Å². The van der Waals surface area contributed by atoms with Gasteiger partial charge in [-0.05, 0) is 37.1 Å². The van der Waals surface area contributed by atoms with E-state index in [1.54, 1.807) is 4.90 Å². The third-order valence-corrected chi connectivity index (χ3v) is 5.43. The van der Waals surface area contributed by atoms with Gasteiger partial charge in [0.25, 0.3) is 0 Å². The molecule has 3 rings (SSSR count). The predicted octanol–water partition coefficient (Wildman–Crippen LogP) is 1.88. The first kappa shape index (κ1) is 14.5. The van der Waals surface area contributed by atoms with Crippen LogP contribution in [0, 0.1) is 11.8 Å². The molecule has 6 heteroatoms. The van der Waals surface area contributed by atoms with Crippen molar-refractivity contribution in [1.29, 1.82) is 0 Å². The van der Waals surface area contributed by atoms with Gasteiger partial charge in [-0.3, -0.25) is 9.59 Å². The van der Waals surface area contributed by atoms with Crippen LogP contribution in [-0.4, -0.2) is 39.6 Å². The molecule has 2 heterocycles. The normalized spacial score (nSPS) is 29.4. The zero-order valence-corrected chi connectivity index (χ0v) is 12.5. The predicted molar refractivity (Wildman–Crippen MR) is 77.9 cm³/mol. The quantitative estimate of drug-likeness (QED) is 0.870. The zero-order chi connectivity index (χ0) is 15.0. The summed E-state index contributed by atoms with van der Waals surface area (Å²) in [5, 5.41) is 21.1. The Morgan fingerprint density at radius 3 is 2.86 bits per heavy atom. The molecule has 0 aromatic carbocycles. The van der Waals surface area contributed by atoms with Crippen LogP contribution in [0.3, 0.4) is 0 Å². The number of aliphatic hydroxyl groups is 1. The lowest BCUT2D eigenvalue weighted by Gasteiger charge is -2.26.